The molecule has 10 nitrogen and oxygen atoms in total. The van der Waals surface area contributed by atoms with E-state index in [1.54, 1.807) is 14.0 Å². The molecule has 1 aliphatic carbocycles. The number of amidine groups is 1. The molecule has 0 heterocycles. The van der Waals surface area contributed by atoms with Gasteiger partial charge in [0.1, 0.15) is 18.1 Å². The third-order valence-corrected chi connectivity index (χ3v) is 8.84. The van der Waals surface area contributed by atoms with E-state index in [-0.39, 0.29) is 30.6 Å². The fourth-order valence-electron chi connectivity index (χ4n) is 6.06. The fourth-order valence-corrected chi connectivity index (χ4v) is 6.06. The van der Waals surface area contributed by atoms with Crippen molar-refractivity contribution in [2.24, 2.45) is 16.1 Å². The molecule has 0 aliphatic heterocycles. The highest BCUT2D eigenvalue weighted by Crippen LogP contribution is 2.37. The van der Waals surface area contributed by atoms with Crippen LogP contribution in [0.4, 0.5) is 0 Å². The summed E-state index contributed by atoms with van der Waals surface area (Å²) in [6.07, 6.45) is 3.49. The van der Waals surface area contributed by atoms with Crippen LogP contribution in [0, 0.1) is 12.3 Å². The number of hydrogen-bond donors (Lipinski definition) is 4. The lowest BCUT2D eigenvalue weighted by molar-refractivity contribution is -0.142. The Morgan fingerprint density at radius 3 is 2.38 bits per heavy atom. The van der Waals surface area contributed by atoms with Crippen LogP contribution in [0.25, 0.3) is 0 Å². The molecule has 0 bridgehead atoms. The molecule has 1 unspecified atom stereocenters. The summed E-state index contributed by atoms with van der Waals surface area (Å²) in [6, 6.07) is 13.1. The molecular formula is C35H50N6O4. The Hall–Kier alpha value is -4.21. The van der Waals surface area contributed by atoms with Crippen LogP contribution in [0.15, 0.2) is 53.5 Å². The summed E-state index contributed by atoms with van der Waals surface area (Å²) in [6.45, 7) is 7.96. The van der Waals surface area contributed by atoms with Crippen molar-refractivity contribution in [2.75, 3.05) is 20.6 Å². The molecule has 1 aliphatic rings. The highest BCUT2D eigenvalue weighted by molar-refractivity contribution is 5.95. The van der Waals surface area contributed by atoms with E-state index in [1.807, 2.05) is 50.2 Å². The van der Waals surface area contributed by atoms with Crippen molar-refractivity contribution in [1.82, 2.24) is 20.9 Å². The lowest BCUT2D eigenvalue weighted by Crippen LogP contribution is -2.58. The fraction of sp³-hybridized carbons (Fsp3) is 0.514. The first-order chi connectivity index (χ1) is 21.4. The maximum Gasteiger partial charge on any atom is 0.245 e. The molecule has 45 heavy (non-hydrogen) atoms. The van der Waals surface area contributed by atoms with Gasteiger partial charge in [-0.05, 0) is 74.6 Å². The molecule has 244 valence electrons. The number of rotatable bonds is 14. The number of carbonyl (C=O) groups excluding carboxylic acids is 4. The molecule has 4 amide bonds. The van der Waals surface area contributed by atoms with E-state index >= 15 is 0 Å². The second-order valence-corrected chi connectivity index (χ2v) is 12.4. The van der Waals surface area contributed by atoms with Crippen LogP contribution in [-0.4, -0.2) is 73.1 Å². The molecule has 10 heteroatoms. The van der Waals surface area contributed by atoms with Gasteiger partial charge in [0.15, 0.2) is 0 Å². The molecule has 0 saturated heterocycles. The molecule has 0 saturated carbocycles. The second kappa shape index (κ2) is 16.2. The summed E-state index contributed by atoms with van der Waals surface area (Å²) in [7, 11) is 3.10. The molecule has 4 atom stereocenters. The van der Waals surface area contributed by atoms with Gasteiger partial charge in [-0.1, -0.05) is 62.4 Å². The number of nitrogens with two attached hydrogens (primary N) is 1. The molecule has 0 aromatic heterocycles. The summed E-state index contributed by atoms with van der Waals surface area (Å²) < 4.78 is 0. The number of hydrogen-bond acceptors (Lipinski definition) is 5. The Labute approximate surface area is 267 Å². The number of nitrogens with zero attached hydrogens (tertiary/aromatic N) is 2. The van der Waals surface area contributed by atoms with Gasteiger partial charge in [0.2, 0.25) is 23.6 Å². The number of aryl methyl sites for hydroxylation is 1. The lowest BCUT2D eigenvalue weighted by Gasteiger charge is -2.36. The third kappa shape index (κ3) is 9.39. The predicted molar refractivity (Wildman–Crippen MR) is 178 cm³/mol. The summed E-state index contributed by atoms with van der Waals surface area (Å²) in [5.41, 5.74) is 9.56. The largest absolute Gasteiger partial charge is 0.388 e. The Bertz CT molecular complexity index is 1370. The zero-order valence-electron chi connectivity index (χ0n) is 27.6. The summed E-state index contributed by atoms with van der Waals surface area (Å²) >= 11 is 0. The number of carbonyl (C=O) groups is 4. The van der Waals surface area contributed by atoms with Gasteiger partial charge in [-0.3, -0.25) is 24.2 Å². The molecule has 3 rings (SSSR count). The Morgan fingerprint density at radius 1 is 1.02 bits per heavy atom. The maximum atomic E-state index is 14.0. The number of fused-ring (bicyclic) bond motifs is 1. The van der Waals surface area contributed by atoms with E-state index in [9.17, 15) is 19.2 Å². The van der Waals surface area contributed by atoms with E-state index < -0.39 is 29.4 Å². The topological polar surface area (TPSA) is 146 Å². The van der Waals surface area contributed by atoms with Gasteiger partial charge in [0, 0.05) is 27.1 Å². The van der Waals surface area contributed by atoms with E-state index in [0.717, 1.165) is 17.5 Å². The van der Waals surface area contributed by atoms with Crippen LogP contribution in [0.3, 0.4) is 0 Å². The van der Waals surface area contributed by atoms with Gasteiger partial charge in [-0.2, -0.15) is 0 Å². The predicted octanol–water partition coefficient (Wildman–Crippen LogP) is 2.84. The average molecular weight is 619 g/mol. The van der Waals surface area contributed by atoms with Crippen LogP contribution in [-0.2, 0) is 38.4 Å². The van der Waals surface area contributed by atoms with Crippen molar-refractivity contribution in [2.45, 2.75) is 90.8 Å². The number of benzene rings is 2. The number of nitrogens with one attached hydrogen (secondary N) is 3. The molecule has 5 N–H and O–H groups in total. The van der Waals surface area contributed by atoms with E-state index in [2.05, 4.69) is 40.0 Å². The Kier molecular flexibility index (Phi) is 12.7. The number of amides is 4. The first-order valence-electron chi connectivity index (χ1n) is 15.9. The molecule has 2 aromatic rings. The van der Waals surface area contributed by atoms with Crippen molar-refractivity contribution in [1.29, 1.82) is 0 Å². The van der Waals surface area contributed by atoms with Gasteiger partial charge in [0.05, 0.1) is 11.3 Å². The first kappa shape index (κ1) is 35.3. The monoisotopic (exact) mass is 618 g/mol. The molecular weight excluding hydrogens is 568 g/mol. The van der Waals surface area contributed by atoms with Gasteiger partial charge in [-0.15, -0.1) is 0 Å². The van der Waals surface area contributed by atoms with Crippen molar-refractivity contribution in [3.8, 4) is 0 Å². The third-order valence-electron chi connectivity index (χ3n) is 8.84. The summed E-state index contributed by atoms with van der Waals surface area (Å²) in [4.78, 5) is 59.8. The SMILES string of the molecule is CC[C@@H](C(=O)NC)N(C)C(=O)[C@H](CCCN=C(C)N)NC(=O)[C@@H](Cc1ccccc1)NC(=O)C1(C)CCc2c(C)cccc2C1. The van der Waals surface area contributed by atoms with Crippen LogP contribution in [0.1, 0.15) is 68.7 Å². The van der Waals surface area contributed by atoms with Crippen LogP contribution >= 0.6 is 0 Å². The zero-order chi connectivity index (χ0) is 33.1. The maximum absolute atomic E-state index is 14.0. The standard InChI is InChI=1S/C35H50N6O4/c1-7-30(32(43)37-5)41(6)33(44)28(17-12-20-38-24(3)36)39-31(42)29(21-25-14-9-8-10-15-25)40-34(45)35(4)19-18-27-23(2)13-11-16-26(27)22-35/h8-11,13-16,28-30H,7,12,17-22H2,1-6H3,(H2,36,38)(H,37,43)(H,39,42)(H,40,45)/t28-,29+,30-,35?/m0/s1. The van der Waals surface area contributed by atoms with Crippen molar-refractivity contribution < 1.29 is 19.2 Å². The highest BCUT2D eigenvalue weighted by Gasteiger charge is 2.39. The minimum absolute atomic E-state index is 0.191. The first-order valence-corrected chi connectivity index (χ1v) is 15.9. The zero-order valence-corrected chi connectivity index (χ0v) is 27.6. The lowest BCUT2D eigenvalue weighted by atomic mass is 9.71. The van der Waals surface area contributed by atoms with Gasteiger partial charge in [-0.25, -0.2) is 0 Å². The van der Waals surface area contributed by atoms with Gasteiger partial charge < -0.3 is 26.6 Å². The van der Waals surface area contributed by atoms with Crippen molar-refractivity contribution in [3.63, 3.8) is 0 Å². The van der Waals surface area contributed by atoms with Crippen LogP contribution < -0.4 is 21.7 Å². The minimum atomic E-state index is -0.926. The number of likely N-dealkylation sites (N-methyl/N-ethyl adjacent to an activating group) is 2. The van der Waals surface area contributed by atoms with Crippen LogP contribution in [0.2, 0.25) is 0 Å². The smallest absolute Gasteiger partial charge is 0.245 e. The Balaban J connectivity index is 1.86. The molecule has 2 aromatic carbocycles. The molecule has 0 fully saturated rings. The summed E-state index contributed by atoms with van der Waals surface area (Å²) in [5.74, 6) is -0.883. The highest BCUT2D eigenvalue weighted by atomic mass is 16.2. The molecule has 0 spiro atoms. The second-order valence-electron chi connectivity index (χ2n) is 12.4. The van der Waals surface area contributed by atoms with E-state index in [4.69, 9.17) is 5.73 Å². The van der Waals surface area contributed by atoms with Crippen LogP contribution in [0.5, 0.6) is 0 Å². The summed E-state index contributed by atoms with van der Waals surface area (Å²) in [5, 5.41) is 8.60. The van der Waals surface area contributed by atoms with Crippen molar-refractivity contribution in [3.05, 3.63) is 70.8 Å². The normalized spacial score (nSPS) is 18.1. The Morgan fingerprint density at radius 2 is 1.73 bits per heavy atom. The quantitative estimate of drug-likeness (QED) is 0.146. The van der Waals surface area contributed by atoms with Gasteiger partial charge in [0.25, 0.3) is 0 Å². The van der Waals surface area contributed by atoms with Gasteiger partial charge >= 0.3 is 0 Å². The van der Waals surface area contributed by atoms with Crippen molar-refractivity contribution >= 4 is 29.5 Å². The minimum Gasteiger partial charge on any atom is -0.388 e. The molecule has 0 radical (unpaired) electrons. The average Bonchev–Trinajstić information content (AvgIpc) is 3.02. The number of aliphatic imine (C=N–C) groups is 1. The van der Waals surface area contributed by atoms with E-state index in [0.29, 0.717) is 38.1 Å². The van der Waals surface area contributed by atoms with E-state index in [1.165, 1.54) is 23.1 Å².